The number of fused-ring (bicyclic) bond motifs is 1. The Morgan fingerprint density at radius 3 is 2.25 bits per heavy atom. The fraction of sp³-hybridized carbons (Fsp3) is 0.261. The van der Waals surface area contributed by atoms with Gasteiger partial charge < -0.3 is 29.7 Å². The minimum absolute atomic E-state index is 0.343. The van der Waals surface area contributed by atoms with Gasteiger partial charge in [-0.15, -0.1) is 10.2 Å². The molecule has 2 aromatic carbocycles. The fourth-order valence-corrected chi connectivity index (χ4v) is 3.58. The van der Waals surface area contributed by atoms with E-state index in [0.29, 0.717) is 49.3 Å². The molecule has 2 N–H and O–H groups in total. The number of nitrogens with zero attached hydrogens (tertiary/aromatic N) is 3. The zero-order valence-corrected chi connectivity index (χ0v) is 17.4. The second-order valence-electron chi connectivity index (χ2n) is 7.39. The number of carbonyl (C=O) groups excluding carboxylic acids is 1. The summed E-state index contributed by atoms with van der Waals surface area (Å²) in [4.78, 5) is 14.5. The number of ether oxygens (including phenoxy) is 3. The summed E-state index contributed by atoms with van der Waals surface area (Å²) in [6.45, 7) is 4.08. The normalized spacial score (nSPS) is 15.2. The molecule has 0 aliphatic carbocycles. The molecule has 0 saturated carbocycles. The number of hydrogen-bond donors (Lipinski definition) is 2. The molecule has 1 fully saturated rings. The first-order valence-corrected chi connectivity index (χ1v) is 10.5. The smallest absolute Gasteiger partial charge is 0.323 e. The summed E-state index contributed by atoms with van der Waals surface area (Å²) < 4.78 is 16.4. The van der Waals surface area contributed by atoms with Gasteiger partial charge in [0.1, 0.15) is 13.2 Å². The molecule has 1 aromatic heterocycles. The molecule has 0 spiro atoms. The van der Waals surface area contributed by atoms with Crippen molar-refractivity contribution < 1.29 is 19.0 Å². The van der Waals surface area contributed by atoms with E-state index >= 15 is 0 Å². The number of anilines is 3. The lowest BCUT2D eigenvalue weighted by Gasteiger charge is -2.27. The van der Waals surface area contributed by atoms with Crippen LogP contribution in [0.2, 0.25) is 0 Å². The van der Waals surface area contributed by atoms with Crippen molar-refractivity contribution in [2.24, 2.45) is 0 Å². The van der Waals surface area contributed by atoms with Crippen LogP contribution in [0, 0.1) is 0 Å². The van der Waals surface area contributed by atoms with Gasteiger partial charge in [-0.05, 0) is 36.4 Å². The number of nitrogens with one attached hydrogen (secondary N) is 2. The molecule has 2 amide bonds. The van der Waals surface area contributed by atoms with Gasteiger partial charge in [0.2, 0.25) is 0 Å². The maximum absolute atomic E-state index is 12.4. The Morgan fingerprint density at radius 2 is 1.50 bits per heavy atom. The number of morpholine rings is 1. The third-order valence-corrected chi connectivity index (χ3v) is 5.22. The van der Waals surface area contributed by atoms with Gasteiger partial charge in [0.15, 0.2) is 17.3 Å². The van der Waals surface area contributed by atoms with E-state index in [1.165, 1.54) is 0 Å². The van der Waals surface area contributed by atoms with Crippen LogP contribution in [0.25, 0.3) is 11.3 Å². The molecular formula is C23H23N5O4. The van der Waals surface area contributed by atoms with Crippen LogP contribution in [0.15, 0.2) is 54.6 Å². The number of benzene rings is 2. The van der Waals surface area contributed by atoms with E-state index in [4.69, 9.17) is 14.2 Å². The third kappa shape index (κ3) is 4.57. The lowest BCUT2D eigenvalue weighted by Crippen LogP contribution is -2.36. The minimum atomic E-state index is -0.343. The van der Waals surface area contributed by atoms with Crippen molar-refractivity contribution in [3.8, 4) is 22.8 Å². The Bertz CT molecular complexity index is 1080. The highest BCUT2D eigenvalue weighted by Gasteiger charge is 2.14. The van der Waals surface area contributed by atoms with Crippen molar-refractivity contribution in [1.82, 2.24) is 10.2 Å². The number of urea groups is 1. The van der Waals surface area contributed by atoms with Crippen LogP contribution < -0.4 is 25.0 Å². The van der Waals surface area contributed by atoms with Crippen molar-refractivity contribution in [2.75, 3.05) is 55.1 Å². The number of rotatable bonds is 4. The van der Waals surface area contributed by atoms with Crippen LogP contribution in [0.3, 0.4) is 0 Å². The van der Waals surface area contributed by atoms with Crippen LogP contribution in [0.1, 0.15) is 0 Å². The van der Waals surface area contributed by atoms with Gasteiger partial charge in [-0.1, -0.05) is 12.1 Å². The van der Waals surface area contributed by atoms with E-state index in [1.54, 1.807) is 18.2 Å². The van der Waals surface area contributed by atoms with Gasteiger partial charge >= 0.3 is 6.03 Å². The number of aromatic nitrogens is 2. The van der Waals surface area contributed by atoms with E-state index in [-0.39, 0.29) is 6.03 Å². The van der Waals surface area contributed by atoms with Crippen LogP contribution in [-0.2, 0) is 4.74 Å². The highest BCUT2D eigenvalue weighted by molar-refractivity contribution is 6.00. The monoisotopic (exact) mass is 433 g/mol. The molecule has 0 bridgehead atoms. The maximum atomic E-state index is 12.4. The first kappa shape index (κ1) is 20.1. The topological polar surface area (TPSA) is 97.8 Å². The molecule has 2 aliphatic heterocycles. The van der Waals surface area contributed by atoms with Gasteiger partial charge in [0.05, 0.1) is 18.9 Å². The van der Waals surface area contributed by atoms with E-state index in [0.717, 1.165) is 30.2 Å². The molecule has 0 atom stereocenters. The fourth-order valence-electron chi connectivity index (χ4n) is 3.58. The summed E-state index contributed by atoms with van der Waals surface area (Å²) >= 11 is 0. The van der Waals surface area contributed by atoms with Crippen LogP contribution >= 0.6 is 0 Å². The summed E-state index contributed by atoms with van der Waals surface area (Å²) in [5.74, 6) is 2.16. The van der Waals surface area contributed by atoms with Gasteiger partial charge in [0.25, 0.3) is 0 Å². The zero-order valence-electron chi connectivity index (χ0n) is 17.4. The Morgan fingerprint density at radius 1 is 0.781 bits per heavy atom. The van der Waals surface area contributed by atoms with E-state index < -0.39 is 0 Å². The SMILES string of the molecule is O=C(Nc1ccc(-c2ccc(N3CCOCC3)nn2)cc1)Nc1ccc2c(c1)OCCO2. The first-order valence-electron chi connectivity index (χ1n) is 10.5. The average molecular weight is 433 g/mol. The molecule has 3 aromatic rings. The summed E-state index contributed by atoms with van der Waals surface area (Å²) in [5.41, 5.74) is 2.99. The number of hydrogen-bond acceptors (Lipinski definition) is 7. The van der Waals surface area contributed by atoms with Gasteiger partial charge in [0, 0.05) is 36.1 Å². The van der Waals surface area contributed by atoms with Crippen molar-refractivity contribution in [2.45, 2.75) is 0 Å². The maximum Gasteiger partial charge on any atom is 0.323 e. The predicted molar refractivity (Wildman–Crippen MR) is 121 cm³/mol. The van der Waals surface area contributed by atoms with E-state index in [2.05, 4.69) is 25.7 Å². The molecule has 3 heterocycles. The predicted octanol–water partition coefficient (Wildman–Crippen LogP) is 3.40. The highest BCUT2D eigenvalue weighted by atomic mass is 16.6. The molecule has 5 rings (SSSR count). The van der Waals surface area contributed by atoms with E-state index in [1.807, 2.05) is 36.4 Å². The van der Waals surface area contributed by atoms with Crippen molar-refractivity contribution >= 4 is 23.2 Å². The molecule has 0 radical (unpaired) electrons. The molecule has 9 heteroatoms. The number of carbonyl (C=O) groups is 1. The minimum Gasteiger partial charge on any atom is -0.486 e. The largest absolute Gasteiger partial charge is 0.486 e. The van der Waals surface area contributed by atoms with Gasteiger partial charge in [-0.25, -0.2) is 4.79 Å². The molecular weight excluding hydrogens is 410 g/mol. The Labute approximate surface area is 185 Å². The van der Waals surface area contributed by atoms with Crippen LogP contribution in [0.5, 0.6) is 11.5 Å². The molecule has 1 saturated heterocycles. The lowest BCUT2D eigenvalue weighted by atomic mass is 10.1. The Balaban J connectivity index is 1.19. The summed E-state index contributed by atoms with van der Waals surface area (Å²) in [6, 6.07) is 16.3. The second kappa shape index (κ2) is 9.11. The van der Waals surface area contributed by atoms with Crippen LogP contribution in [-0.4, -0.2) is 55.7 Å². The second-order valence-corrected chi connectivity index (χ2v) is 7.39. The van der Waals surface area contributed by atoms with Gasteiger partial charge in [-0.2, -0.15) is 0 Å². The Kier molecular flexibility index (Phi) is 5.71. The number of amides is 2. The van der Waals surface area contributed by atoms with Crippen molar-refractivity contribution in [3.63, 3.8) is 0 Å². The zero-order chi connectivity index (χ0) is 21.8. The third-order valence-electron chi connectivity index (χ3n) is 5.22. The molecule has 164 valence electrons. The van der Waals surface area contributed by atoms with Crippen molar-refractivity contribution in [3.05, 3.63) is 54.6 Å². The summed E-state index contributed by atoms with van der Waals surface area (Å²) in [6.07, 6.45) is 0. The molecule has 9 nitrogen and oxygen atoms in total. The quantitative estimate of drug-likeness (QED) is 0.651. The first-order chi connectivity index (χ1) is 15.7. The van der Waals surface area contributed by atoms with Crippen molar-refractivity contribution in [1.29, 1.82) is 0 Å². The Hall–Kier alpha value is -3.85. The molecule has 0 unspecified atom stereocenters. The summed E-state index contributed by atoms with van der Waals surface area (Å²) in [5, 5.41) is 14.3. The highest BCUT2D eigenvalue weighted by Crippen LogP contribution is 2.32. The molecule has 32 heavy (non-hydrogen) atoms. The lowest BCUT2D eigenvalue weighted by molar-refractivity contribution is 0.122. The van der Waals surface area contributed by atoms with Crippen LogP contribution in [0.4, 0.5) is 22.0 Å². The van der Waals surface area contributed by atoms with E-state index in [9.17, 15) is 4.79 Å². The summed E-state index contributed by atoms with van der Waals surface area (Å²) in [7, 11) is 0. The average Bonchev–Trinajstić information content (AvgIpc) is 2.85. The van der Waals surface area contributed by atoms with Gasteiger partial charge in [-0.3, -0.25) is 0 Å². The standard InChI is InChI=1S/C23H23N5O4/c29-23(25-18-5-7-20-21(15-18)32-14-13-31-20)24-17-3-1-16(2-4-17)19-6-8-22(27-26-19)28-9-11-30-12-10-28/h1-8,15H,9-14H2,(H2,24,25,29). The molecule has 2 aliphatic rings.